The minimum atomic E-state index is -3.11. The SMILES string of the molecule is CCC(CC)(CNc1cc(C)c(Br)cn1)S(C)(=O)=O. The molecule has 0 aliphatic rings. The van der Waals surface area contributed by atoms with Crippen molar-refractivity contribution >= 4 is 31.6 Å². The topological polar surface area (TPSA) is 59.1 Å². The highest BCUT2D eigenvalue weighted by molar-refractivity contribution is 9.10. The molecule has 1 heterocycles. The van der Waals surface area contributed by atoms with Gasteiger partial charge in [-0.3, -0.25) is 0 Å². The average molecular weight is 349 g/mol. The molecule has 0 aromatic carbocycles. The van der Waals surface area contributed by atoms with Crippen LogP contribution in [0, 0.1) is 6.92 Å². The molecule has 108 valence electrons. The van der Waals surface area contributed by atoms with E-state index in [1.807, 2.05) is 26.8 Å². The lowest BCUT2D eigenvalue weighted by Gasteiger charge is -2.30. The molecule has 0 amide bonds. The van der Waals surface area contributed by atoms with Gasteiger partial charge in [0.15, 0.2) is 9.84 Å². The van der Waals surface area contributed by atoms with Gasteiger partial charge in [-0.05, 0) is 47.3 Å². The van der Waals surface area contributed by atoms with Crippen LogP contribution in [0.1, 0.15) is 32.3 Å². The van der Waals surface area contributed by atoms with Crippen molar-refractivity contribution < 1.29 is 8.42 Å². The number of hydrogen-bond donors (Lipinski definition) is 1. The van der Waals surface area contributed by atoms with Gasteiger partial charge in [-0.15, -0.1) is 0 Å². The second-order valence-corrected chi connectivity index (χ2v) is 8.10. The van der Waals surface area contributed by atoms with Gasteiger partial charge >= 0.3 is 0 Å². The molecular weight excluding hydrogens is 328 g/mol. The fourth-order valence-corrected chi connectivity index (χ4v) is 3.64. The van der Waals surface area contributed by atoms with Gasteiger partial charge in [-0.1, -0.05) is 13.8 Å². The molecule has 0 unspecified atom stereocenters. The van der Waals surface area contributed by atoms with Crippen LogP contribution in [0.5, 0.6) is 0 Å². The van der Waals surface area contributed by atoms with E-state index >= 15 is 0 Å². The molecule has 0 fully saturated rings. The zero-order valence-corrected chi connectivity index (χ0v) is 14.2. The number of hydrogen-bond acceptors (Lipinski definition) is 4. The normalized spacial score (nSPS) is 12.5. The lowest BCUT2D eigenvalue weighted by atomic mass is 10.0. The number of aromatic nitrogens is 1. The second kappa shape index (κ2) is 6.22. The standard InChI is InChI=1S/C13H21BrN2O2S/c1-5-13(6-2,19(4,17)18)9-16-12-7-10(3)11(14)8-15-12/h7-8H,5-6,9H2,1-4H3,(H,15,16). The molecule has 1 N–H and O–H groups in total. The smallest absolute Gasteiger partial charge is 0.154 e. The van der Waals surface area contributed by atoms with Crippen LogP contribution in [-0.4, -0.2) is 30.9 Å². The first-order valence-electron chi connectivity index (χ1n) is 6.31. The Kier molecular flexibility index (Phi) is 5.38. The summed E-state index contributed by atoms with van der Waals surface area (Å²) in [7, 11) is -3.11. The molecule has 0 aliphatic carbocycles. The fourth-order valence-electron chi connectivity index (χ4n) is 2.04. The summed E-state index contributed by atoms with van der Waals surface area (Å²) >= 11 is 3.39. The zero-order valence-electron chi connectivity index (χ0n) is 11.8. The average Bonchev–Trinajstić information content (AvgIpc) is 2.33. The lowest BCUT2D eigenvalue weighted by Crippen LogP contribution is -2.43. The van der Waals surface area contributed by atoms with Gasteiger partial charge in [0, 0.05) is 23.5 Å². The first kappa shape index (κ1) is 16.4. The van der Waals surface area contributed by atoms with Crippen LogP contribution in [0.4, 0.5) is 5.82 Å². The molecular formula is C13H21BrN2O2S. The van der Waals surface area contributed by atoms with Crippen molar-refractivity contribution in [3.05, 3.63) is 22.3 Å². The van der Waals surface area contributed by atoms with Crippen LogP contribution in [-0.2, 0) is 9.84 Å². The Hall–Kier alpha value is -0.620. The highest BCUT2D eigenvalue weighted by Crippen LogP contribution is 2.26. The van der Waals surface area contributed by atoms with Crippen molar-refractivity contribution in [1.82, 2.24) is 4.98 Å². The maximum absolute atomic E-state index is 12.0. The van der Waals surface area contributed by atoms with Crippen LogP contribution in [0.25, 0.3) is 0 Å². The summed E-state index contributed by atoms with van der Waals surface area (Å²) in [5.41, 5.74) is 1.07. The van der Waals surface area contributed by atoms with Crippen molar-refractivity contribution in [1.29, 1.82) is 0 Å². The minimum absolute atomic E-state index is 0.382. The number of rotatable bonds is 6. The summed E-state index contributed by atoms with van der Waals surface area (Å²) in [6.07, 6.45) is 4.20. The van der Waals surface area contributed by atoms with Crippen molar-refractivity contribution in [3.63, 3.8) is 0 Å². The van der Waals surface area contributed by atoms with E-state index in [1.165, 1.54) is 6.26 Å². The predicted octanol–water partition coefficient (Wildman–Crippen LogP) is 3.17. The zero-order chi connectivity index (χ0) is 14.7. The van der Waals surface area contributed by atoms with E-state index in [4.69, 9.17) is 0 Å². The summed E-state index contributed by atoms with van der Waals surface area (Å²) in [4.78, 5) is 4.24. The molecule has 0 saturated carbocycles. The summed E-state index contributed by atoms with van der Waals surface area (Å²) in [5.74, 6) is 0.704. The van der Waals surface area contributed by atoms with Crippen LogP contribution in [0.3, 0.4) is 0 Å². The van der Waals surface area contributed by atoms with Crippen LogP contribution in [0.2, 0.25) is 0 Å². The molecule has 0 aliphatic heterocycles. The van der Waals surface area contributed by atoms with Gasteiger partial charge < -0.3 is 5.32 Å². The van der Waals surface area contributed by atoms with Gasteiger partial charge in [0.2, 0.25) is 0 Å². The molecule has 0 atom stereocenters. The Labute approximate surface area is 124 Å². The van der Waals surface area contributed by atoms with E-state index in [9.17, 15) is 8.42 Å². The highest BCUT2D eigenvalue weighted by atomic mass is 79.9. The van der Waals surface area contributed by atoms with Crippen molar-refractivity contribution in [2.24, 2.45) is 0 Å². The maximum atomic E-state index is 12.0. The molecule has 4 nitrogen and oxygen atoms in total. The number of anilines is 1. The molecule has 0 spiro atoms. The number of sulfone groups is 1. The molecule has 0 radical (unpaired) electrons. The second-order valence-electron chi connectivity index (χ2n) is 4.83. The van der Waals surface area contributed by atoms with Crippen molar-refractivity contribution in [3.8, 4) is 0 Å². The number of pyridine rings is 1. The minimum Gasteiger partial charge on any atom is -0.368 e. The number of nitrogens with one attached hydrogen (secondary N) is 1. The Balaban J connectivity index is 2.91. The largest absolute Gasteiger partial charge is 0.368 e. The van der Waals surface area contributed by atoms with Crippen molar-refractivity contribution in [2.75, 3.05) is 18.1 Å². The van der Waals surface area contributed by atoms with Gasteiger partial charge in [0.25, 0.3) is 0 Å². The highest BCUT2D eigenvalue weighted by Gasteiger charge is 2.37. The Morgan fingerprint density at radius 1 is 1.37 bits per heavy atom. The van der Waals surface area contributed by atoms with E-state index in [0.29, 0.717) is 25.2 Å². The quantitative estimate of drug-likeness (QED) is 0.857. The summed E-state index contributed by atoms with van der Waals surface area (Å²) in [6, 6.07) is 1.91. The van der Waals surface area contributed by atoms with E-state index in [0.717, 1.165) is 10.0 Å². The fraction of sp³-hybridized carbons (Fsp3) is 0.615. The van der Waals surface area contributed by atoms with E-state index in [1.54, 1.807) is 6.20 Å². The van der Waals surface area contributed by atoms with Gasteiger partial charge in [-0.25, -0.2) is 13.4 Å². The maximum Gasteiger partial charge on any atom is 0.154 e. The molecule has 6 heteroatoms. The van der Waals surface area contributed by atoms with E-state index in [-0.39, 0.29) is 0 Å². The first-order valence-corrected chi connectivity index (χ1v) is 9.00. The predicted molar refractivity (Wildman–Crippen MR) is 83.3 cm³/mol. The molecule has 0 saturated heterocycles. The van der Waals surface area contributed by atoms with Gasteiger partial charge in [0.1, 0.15) is 5.82 Å². The van der Waals surface area contributed by atoms with Crippen LogP contribution in [0.15, 0.2) is 16.7 Å². The third-order valence-corrected chi connectivity index (χ3v) is 6.84. The molecule has 1 aromatic heterocycles. The van der Waals surface area contributed by atoms with E-state index in [2.05, 4.69) is 26.2 Å². The van der Waals surface area contributed by atoms with Gasteiger partial charge in [0.05, 0.1) is 4.75 Å². The Morgan fingerprint density at radius 3 is 2.37 bits per heavy atom. The molecule has 1 rings (SSSR count). The number of nitrogens with zero attached hydrogens (tertiary/aromatic N) is 1. The van der Waals surface area contributed by atoms with E-state index < -0.39 is 14.6 Å². The number of aryl methyl sites for hydroxylation is 1. The monoisotopic (exact) mass is 348 g/mol. The van der Waals surface area contributed by atoms with Crippen LogP contribution >= 0.6 is 15.9 Å². The van der Waals surface area contributed by atoms with Crippen molar-refractivity contribution in [2.45, 2.75) is 38.4 Å². The third-order valence-electron chi connectivity index (χ3n) is 3.71. The molecule has 1 aromatic rings. The summed E-state index contributed by atoms with van der Waals surface area (Å²) < 4.78 is 24.2. The lowest BCUT2D eigenvalue weighted by molar-refractivity contribution is 0.498. The van der Waals surface area contributed by atoms with Crippen LogP contribution < -0.4 is 5.32 Å². The summed E-state index contributed by atoms with van der Waals surface area (Å²) in [5, 5.41) is 3.15. The Bertz CT molecular complexity index is 540. The Morgan fingerprint density at radius 2 is 1.95 bits per heavy atom. The molecule has 19 heavy (non-hydrogen) atoms. The molecule has 0 bridgehead atoms. The number of halogens is 1. The summed E-state index contributed by atoms with van der Waals surface area (Å²) in [6.45, 7) is 6.17. The third kappa shape index (κ3) is 3.69. The first-order chi connectivity index (χ1) is 8.75. The van der Waals surface area contributed by atoms with Gasteiger partial charge in [-0.2, -0.15) is 0 Å².